The van der Waals surface area contributed by atoms with Crippen molar-refractivity contribution < 1.29 is 14.3 Å². The van der Waals surface area contributed by atoms with Crippen LogP contribution in [-0.2, 0) is 20.7 Å². The molecule has 1 aromatic heterocycles. The van der Waals surface area contributed by atoms with Gasteiger partial charge in [-0.05, 0) is 24.8 Å². The van der Waals surface area contributed by atoms with E-state index in [-0.39, 0.29) is 24.0 Å². The first-order chi connectivity index (χ1) is 10.6. The minimum atomic E-state index is -0.260. The Morgan fingerprint density at radius 3 is 2.86 bits per heavy atom. The van der Waals surface area contributed by atoms with Crippen LogP contribution in [-0.4, -0.2) is 70.7 Å². The number of rotatable bonds is 3. The molecule has 0 radical (unpaired) electrons. The van der Waals surface area contributed by atoms with Gasteiger partial charge in [-0.2, -0.15) is 5.10 Å². The molecule has 2 amide bonds. The third kappa shape index (κ3) is 3.14. The number of piperidine rings is 1. The molecule has 1 spiro atoms. The van der Waals surface area contributed by atoms with Crippen LogP contribution in [0, 0.1) is 0 Å². The maximum absolute atomic E-state index is 12.3. The molecule has 7 heteroatoms. The van der Waals surface area contributed by atoms with Gasteiger partial charge in [-0.3, -0.25) is 14.7 Å². The van der Waals surface area contributed by atoms with Gasteiger partial charge < -0.3 is 14.5 Å². The van der Waals surface area contributed by atoms with Crippen molar-refractivity contribution in [2.75, 3.05) is 33.3 Å². The largest absolute Gasteiger partial charge is 0.363 e. The molecule has 120 valence electrons. The third-order valence-electron chi connectivity index (χ3n) is 4.66. The van der Waals surface area contributed by atoms with Crippen molar-refractivity contribution in [3.05, 3.63) is 18.0 Å². The zero-order valence-corrected chi connectivity index (χ0v) is 12.9. The van der Waals surface area contributed by atoms with E-state index in [9.17, 15) is 9.59 Å². The average Bonchev–Trinajstić information content (AvgIpc) is 3.03. The monoisotopic (exact) mass is 306 g/mol. The number of aromatic nitrogens is 2. The molecule has 0 aromatic carbocycles. The second kappa shape index (κ2) is 6.08. The summed E-state index contributed by atoms with van der Waals surface area (Å²) in [6.07, 6.45) is 6.38. The lowest BCUT2D eigenvalue weighted by molar-refractivity contribution is -0.170. The van der Waals surface area contributed by atoms with E-state index >= 15 is 0 Å². The van der Waals surface area contributed by atoms with Gasteiger partial charge in [-0.15, -0.1) is 0 Å². The van der Waals surface area contributed by atoms with Crippen molar-refractivity contribution in [3.63, 3.8) is 0 Å². The van der Waals surface area contributed by atoms with Crippen LogP contribution < -0.4 is 0 Å². The van der Waals surface area contributed by atoms with Crippen LogP contribution in [0.1, 0.15) is 24.8 Å². The number of carbonyl (C=O) groups is 2. The van der Waals surface area contributed by atoms with E-state index in [4.69, 9.17) is 4.74 Å². The number of morpholine rings is 1. The van der Waals surface area contributed by atoms with Gasteiger partial charge in [0.05, 0.1) is 11.8 Å². The number of carbonyl (C=O) groups excluding carboxylic acids is 2. The van der Waals surface area contributed by atoms with Gasteiger partial charge in [0.25, 0.3) is 0 Å². The maximum Gasteiger partial charge on any atom is 0.248 e. The molecular weight excluding hydrogens is 284 g/mol. The number of nitrogens with one attached hydrogen (secondary N) is 1. The Kier molecular flexibility index (Phi) is 4.15. The molecule has 1 N–H and O–H groups in total. The van der Waals surface area contributed by atoms with Gasteiger partial charge in [0.1, 0.15) is 6.61 Å². The fourth-order valence-electron chi connectivity index (χ4n) is 3.18. The first kappa shape index (κ1) is 15.0. The van der Waals surface area contributed by atoms with Crippen molar-refractivity contribution >= 4 is 11.8 Å². The van der Waals surface area contributed by atoms with Gasteiger partial charge in [-0.25, -0.2) is 0 Å². The zero-order chi connectivity index (χ0) is 15.6. The smallest absolute Gasteiger partial charge is 0.248 e. The average molecular weight is 306 g/mol. The quantitative estimate of drug-likeness (QED) is 0.865. The SMILES string of the molecule is CN1CC2(CCN(C(=O)CCc3cn[nH]c3)CC2)OCC1=O. The second-order valence-electron chi connectivity index (χ2n) is 6.21. The van der Waals surface area contributed by atoms with E-state index in [1.54, 1.807) is 11.1 Å². The number of likely N-dealkylation sites (N-methyl/N-ethyl adjacent to an activating group) is 1. The Labute approximate surface area is 129 Å². The Morgan fingerprint density at radius 2 is 2.23 bits per heavy atom. The first-order valence-electron chi connectivity index (χ1n) is 7.71. The Morgan fingerprint density at radius 1 is 1.45 bits per heavy atom. The topological polar surface area (TPSA) is 78.5 Å². The summed E-state index contributed by atoms with van der Waals surface area (Å²) in [7, 11) is 1.81. The highest BCUT2D eigenvalue weighted by molar-refractivity contribution is 5.78. The summed E-state index contributed by atoms with van der Waals surface area (Å²) in [5.41, 5.74) is 0.793. The number of ether oxygens (including phenoxy) is 1. The molecular formula is C15H22N4O3. The summed E-state index contributed by atoms with van der Waals surface area (Å²) in [6, 6.07) is 0. The van der Waals surface area contributed by atoms with Crippen molar-refractivity contribution in [1.82, 2.24) is 20.0 Å². The van der Waals surface area contributed by atoms with Crippen molar-refractivity contribution in [1.29, 1.82) is 0 Å². The molecule has 3 rings (SSSR count). The fourth-order valence-corrected chi connectivity index (χ4v) is 3.18. The molecule has 7 nitrogen and oxygen atoms in total. The summed E-state index contributed by atoms with van der Waals surface area (Å²) in [5.74, 6) is 0.209. The van der Waals surface area contributed by atoms with Crippen LogP contribution in [0.25, 0.3) is 0 Å². The second-order valence-corrected chi connectivity index (χ2v) is 6.21. The lowest BCUT2D eigenvalue weighted by Gasteiger charge is -2.46. The molecule has 3 heterocycles. The molecule has 0 bridgehead atoms. The molecule has 0 saturated carbocycles. The minimum Gasteiger partial charge on any atom is -0.363 e. The highest BCUT2D eigenvalue weighted by Gasteiger charge is 2.41. The van der Waals surface area contributed by atoms with Gasteiger partial charge in [0.15, 0.2) is 0 Å². The van der Waals surface area contributed by atoms with Crippen LogP contribution in [0.5, 0.6) is 0 Å². The van der Waals surface area contributed by atoms with Crippen LogP contribution >= 0.6 is 0 Å². The van der Waals surface area contributed by atoms with E-state index in [2.05, 4.69) is 10.2 Å². The maximum atomic E-state index is 12.3. The summed E-state index contributed by atoms with van der Waals surface area (Å²) in [4.78, 5) is 27.4. The third-order valence-corrected chi connectivity index (χ3v) is 4.66. The molecule has 2 aliphatic heterocycles. The van der Waals surface area contributed by atoms with Gasteiger partial charge in [-0.1, -0.05) is 0 Å². The van der Waals surface area contributed by atoms with Crippen molar-refractivity contribution in [3.8, 4) is 0 Å². The Balaban J connectivity index is 1.49. The standard InChI is InChI=1S/C15H22N4O3/c1-18-11-15(22-10-14(18)21)4-6-19(7-5-15)13(20)3-2-12-8-16-17-9-12/h8-9H,2-7,10-11H2,1H3,(H,16,17). The lowest BCUT2D eigenvalue weighted by atomic mass is 9.89. The number of amides is 2. The van der Waals surface area contributed by atoms with Crippen LogP contribution in [0.2, 0.25) is 0 Å². The number of H-pyrrole nitrogens is 1. The normalized spacial score (nSPS) is 21.4. The molecule has 22 heavy (non-hydrogen) atoms. The first-order valence-corrected chi connectivity index (χ1v) is 7.71. The fraction of sp³-hybridized carbons (Fsp3) is 0.667. The van der Waals surface area contributed by atoms with E-state index in [0.717, 1.165) is 18.4 Å². The van der Waals surface area contributed by atoms with Gasteiger partial charge >= 0.3 is 0 Å². The van der Waals surface area contributed by atoms with E-state index in [1.807, 2.05) is 18.1 Å². The van der Waals surface area contributed by atoms with Gasteiger partial charge in [0.2, 0.25) is 11.8 Å². The van der Waals surface area contributed by atoms with E-state index < -0.39 is 0 Å². The number of aryl methyl sites for hydroxylation is 1. The van der Waals surface area contributed by atoms with Gasteiger partial charge in [0, 0.05) is 39.3 Å². The number of aromatic amines is 1. The highest BCUT2D eigenvalue weighted by atomic mass is 16.5. The summed E-state index contributed by atoms with van der Waals surface area (Å²) >= 11 is 0. The molecule has 0 unspecified atom stereocenters. The molecule has 0 atom stereocenters. The molecule has 2 aliphatic rings. The minimum absolute atomic E-state index is 0.0317. The number of hydrogen-bond acceptors (Lipinski definition) is 4. The summed E-state index contributed by atoms with van der Waals surface area (Å²) in [6.45, 7) is 2.19. The van der Waals surface area contributed by atoms with Crippen LogP contribution in [0.3, 0.4) is 0 Å². The van der Waals surface area contributed by atoms with Crippen molar-refractivity contribution in [2.24, 2.45) is 0 Å². The highest BCUT2D eigenvalue weighted by Crippen LogP contribution is 2.30. The van der Waals surface area contributed by atoms with Crippen molar-refractivity contribution in [2.45, 2.75) is 31.3 Å². The van der Waals surface area contributed by atoms with E-state index in [1.165, 1.54) is 0 Å². The predicted octanol–water partition coefficient (Wildman–Crippen LogP) is 0.192. The number of nitrogens with zero attached hydrogens (tertiary/aromatic N) is 3. The Bertz CT molecular complexity index is 535. The summed E-state index contributed by atoms with van der Waals surface area (Å²) in [5, 5.41) is 6.64. The number of likely N-dealkylation sites (tertiary alicyclic amines) is 1. The Hall–Kier alpha value is -1.89. The summed E-state index contributed by atoms with van der Waals surface area (Å²) < 4.78 is 5.79. The predicted molar refractivity (Wildman–Crippen MR) is 79.0 cm³/mol. The number of hydrogen-bond donors (Lipinski definition) is 1. The molecule has 0 aliphatic carbocycles. The van der Waals surface area contributed by atoms with Crippen LogP contribution in [0.15, 0.2) is 12.4 Å². The zero-order valence-electron chi connectivity index (χ0n) is 12.9. The molecule has 2 saturated heterocycles. The molecule has 2 fully saturated rings. The van der Waals surface area contributed by atoms with Crippen LogP contribution in [0.4, 0.5) is 0 Å². The lowest BCUT2D eigenvalue weighted by Crippen LogP contribution is -2.58. The van der Waals surface area contributed by atoms with E-state index in [0.29, 0.717) is 32.5 Å². The molecule has 1 aromatic rings.